The summed E-state index contributed by atoms with van der Waals surface area (Å²) in [6.07, 6.45) is 3.40. The minimum absolute atomic E-state index is 0.00243. The van der Waals surface area contributed by atoms with E-state index >= 15 is 0 Å². The van der Waals surface area contributed by atoms with Crippen LogP contribution < -0.4 is 0 Å². The molecule has 2 aromatic rings. The fourth-order valence-electron chi connectivity index (χ4n) is 2.12. The molecule has 1 N–H and O–H groups in total. The third-order valence-electron chi connectivity index (χ3n) is 3.01. The maximum atomic E-state index is 9.46. The molecule has 1 aromatic carbocycles. The van der Waals surface area contributed by atoms with E-state index in [1.54, 1.807) is 6.20 Å². The first-order chi connectivity index (χ1) is 9.26. The van der Waals surface area contributed by atoms with Crippen LogP contribution in [0.1, 0.15) is 29.6 Å². The van der Waals surface area contributed by atoms with Gasteiger partial charge in [0.1, 0.15) is 5.76 Å². The highest BCUT2D eigenvalue weighted by atomic mass is 79.9. The first-order valence-corrected chi connectivity index (χ1v) is 6.70. The molecule has 0 aliphatic carbocycles. The van der Waals surface area contributed by atoms with Crippen LogP contribution in [0.25, 0.3) is 0 Å². The Morgan fingerprint density at radius 1 is 1.47 bits per heavy atom. The zero-order valence-corrected chi connectivity index (χ0v) is 11.7. The standard InChI is InChI=1S/C14H13BrN2O2/c15-11-3-1-2-10(6-11)13(7-16)12(4-5-18)14-8-17-9-19-14/h1-3,6,8-9,12-13,18H,4-5H2/t12-,13-/m1/s1. The highest BCUT2D eigenvalue weighted by Gasteiger charge is 2.27. The normalized spacial score (nSPS) is 13.7. The summed E-state index contributed by atoms with van der Waals surface area (Å²) >= 11 is 3.40. The van der Waals surface area contributed by atoms with Crippen LogP contribution in [0.2, 0.25) is 0 Å². The molecule has 19 heavy (non-hydrogen) atoms. The second-order valence-corrected chi connectivity index (χ2v) is 5.10. The quantitative estimate of drug-likeness (QED) is 0.918. The van der Waals surface area contributed by atoms with Crippen molar-refractivity contribution in [3.8, 4) is 6.07 Å². The Kier molecular flexibility index (Phi) is 4.72. The van der Waals surface area contributed by atoms with Crippen LogP contribution in [0, 0.1) is 11.3 Å². The molecule has 0 fully saturated rings. The van der Waals surface area contributed by atoms with E-state index in [1.165, 1.54) is 6.39 Å². The second-order valence-electron chi connectivity index (χ2n) is 4.18. The van der Waals surface area contributed by atoms with Crippen molar-refractivity contribution in [3.05, 3.63) is 52.7 Å². The van der Waals surface area contributed by atoms with Crippen molar-refractivity contribution in [1.29, 1.82) is 5.26 Å². The lowest BCUT2D eigenvalue weighted by molar-refractivity contribution is 0.263. The summed E-state index contributed by atoms with van der Waals surface area (Å²) < 4.78 is 6.22. The van der Waals surface area contributed by atoms with Gasteiger partial charge >= 0.3 is 0 Å². The number of rotatable bonds is 5. The molecule has 1 heterocycles. The van der Waals surface area contributed by atoms with Gasteiger partial charge in [-0.15, -0.1) is 0 Å². The largest absolute Gasteiger partial charge is 0.448 e. The molecule has 0 radical (unpaired) electrons. The number of hydrogen-bond acceptors (Lipinski definition) is 4. The zero-order chi connectivity index (χ0) is 13.7. The van der Waals surface area contributed by atoms with E-state index < -0.39 is 0 Å². The number of aliphatic hydroxyl groups excluding tert-OH is 1. The first kappa shape index (κ1) is 13.8. The van der Waals surface area contributed by atoms with Crippen LogP contribution in [-0.4, -0.2) is 16.7 Å². The Labute approximate surface area is 119 Å². The average molecular weight is 321 g/mol. The Morgan fingerprint density at radius 2 is 2.32 bits per heavy atom. The molecule has 0 saturated carbocycles. The molecule has 0 amide bonds. The van der Waals surface area contributed by atoms with Gasteiger partial charge in [-0.1, -0.05) is 28.1 Å². The van der Waals surface area contributed by atoms with Crippen molar-refractivity contribution in [2.75, 3.05) is 6.61 Å². The fourth-order valence-corrected chi connectivity index (χ4v) is 2.53. The van der Waals surface area contributed by atoms with Gasteiger partial charge in [0.15, 0.2) is 6.39 Å². The summed E-state index contributed by atoms with van der Waals surface area (Å²) in [6.45, 7) is -0.00243. The molecule has 0 bridgehead atoms. The molecule has 4 nitrogen and oxygen atoms in total. The topological polar surface area (TPSA) is 70.0 Å². The number of aromatic nitrogens is 1. The molecule has 5 heteroatoms. The Balaban J connectivity index is 2.36. The van der Waals surface area contributed by atoms with Crippen LogP contribution in [0.4, 0.5) is 0 Å². The minimum Gasteiger partial charge on any atom is -0.448 e. The second kappa shape index (κ2) is 6.50. The third kappa shape index (κ3) is 3.22. The summed E-state index contributed by atoms with van der Waals surface area (Å²) in [4.78, 5) is 3.89. The molecule has 0 spiro atoms. The van der Waals surface area contributed by atoms with Crippen LogP contribution in [-0.2, 0) is 0 Å². The number of oxazole rings is 1. The van der Waals surface area contributed by atoms with Gasteiger partial charge in [0, 0.05) is 17.0 Å². The van der Waals surface area contributed by atoms with E-state index in [2.05, 4.69) is 27.0 Å². The van der Waals surface area contributed by atoms with Gasteiger partial charge in [0.05, 0.1) is 18.2 Å². The van der Waals surface area contributed by atoms with Crippen LogP contribution >= 0.6 is 15.9 Å². The molecular formula is C14H13BrN2O2. The number of nitriles is 1. The van der Waals surface area contributed by atoms with E-state index in [9.17, 15) is 10.4 Å². The number of hydrogen-bond donors (Lipinski definition) is 1. The number of nitrogens with zero attached hydrogens (tertiary/aromatic N) is 2. The van der Waals surface area contributed by atoms with Gasteiger partial charge < -0.3 is 9.52 Å². The molecule has 2 rings (SSSR count). The molecule has 0 unspecified atom stereocenters. The van der Waals surface area contributed by atoms with Crippen molar-refractivity contribution in [3.63, 3.8) is 0 Å². The Hall–Kier alpha value is -1.64. The fraction of sp³-hybridized carbons (Fsp3) is 0.286. The predicted octanol–water partition coefficient (Wildman–Crippen LogP) is 3.21. The van der Waals surface area contributed by atoms with Gasteiger partial charge in [-0.2, -0.15) is 5.26 Å². The van der Waals surface area contributed by atoms with Crippen molar-refractivity contribution in [2.45, 2.75) is 18.3 Å². The van der Waals surface area contributed by atoms with Crippen molar-refractivity contribution in [2.24, 2.45) is 0 Å². The highest BCUT2D eigenvalue weighted by molar-refractivity contribution is 9.10. The Bertz CT molecular complexity index is 563. The lowest BCUT2D eigenvalue weighted by Gasteiger charge is -2.19. The first-order valence-electron chi connectivity index (χ1n) is 5.90. The van der Waals surface area contributed by atoms with Crippen LogP contribution in [0.15, 0.2) is 45.7 Å². The highest BCUT2D eigenvalue weighted by Crippen LogP contribution is 2.35. The van der Waals surface area contributed by atoms with Crippen LogP contribution in [0.5, 0.6) is 0 Å². The van der Waals surface area contributed by atoms with E-state index in [0.717, 1.165) is 10.0 Å². The SMILES string of the molecule is N#C[C@H](c1cccc(Br)c1)[C@@H](CCO)c1cnco1. The Morgan fingerprint density at radius 3 is 2.89 bits per heavy atom. The summed E-state index contributed by atoms with van der Waals surface area (Å²) in [5.41, 5.74) is 0.895. The monoisotopic (exact) mass is 320 g/mol. The molecule has 1 aromatic heterocycles. The molecule has 98 valence electrons. The maximum absolute atomic E-state index is 9.46. The lowest BCUT2D eigenvalue weighted by Crippen LogP contribution is -2.11. The maximum Gasteiger partial charge on any atom is 0.180 e. The molecule has 0 aliphatic rings. The average Bonchev–Trinajstić information content (AvgIpc) is 2.92. The summed E-state index contributed by atoms with van der Waals surface area (Å²) in [5, 5.41) is 18.7. The van der Waals surface area contributed by atoms with E-state index in [4.69, 9.17) is 4.42 Å². The summed E-state index contributed by atoms with van der Waals surface area (Å²) in [5.74, 6) is 0.0463. The van der Waals surface area contributed by atoms with Gasteiger partial charge in [0.25, 0.3) is 0 Å². The van der Waals surface area contributed by atoms with E-state index in [0.29, 0.717) is 12.2 Å². The molecule has 0 aliphatic heterocycles. The predicted molar refractivity (Wildman–Crippen MR) is 73.4 cm³/mol. The zero-order valence-electron chi connectivity index (χ0n) is 10.2. The van der Waals surface area contributed by atoms with Gasteiger partial charge in [-0.05, 0) is 24.1 Å². The molecular weight excluding hydrogens is 308 g/mol. The number of aliphatic hydroxyl groups is 1. The minimum atomic E-state index is -0.377. The van der Waals surface area contributed by atoms with E-state index in [1.807, 2.05) is 24.3 Å². The number of halogens is 1. The van der Waals surface area contributed by atoms with Gasteiger partial charge in [0.2, 0.25) is 0 Å². The number of benzene rings is 1. The third-order valence-corrected chi connectivity index (χ3v) is 3.50. The summed E-state index contributed by atoms with van der Waals surface area (Å²) in [6, 6.07) is 9.91. The van der Waals surface area contributed by atoms with Crippen LogP contribution in [0.3, 0.4) is 0 Å². The van der Waals surface area contributed by atoms with Gasteiger partial charge in [-0.25, -0.2) is 4.98 Å². The molecule has 2 atom stereocenters. The van der Waals surface area contributed by atoms with Crippen molar-refractivity contribution in [1.82, 2.24) is 4.98 Å². The lowest BCUT2D eigenvalue weighted by atomic mass is 9.84. The summed E-state index contributed by atoms with van der Waals surface area (Å²) in [7, 11) is 0. The van der Waals surface area contributed by atoms with E-state index in [-0.39, 0.29) is 18.4 Å². The molecule has 0 saturated heterocycles. The smallest absolute Gasteiger partial charge is 0.180 e. The van der Waals surface area contributed by atoms with Crippen molar-refractivity contribution < 1.29 is 9.52 Å². The van der Waals surface area contributed by atoms with Gasteiger partial charge in [-0.3, -0.25) is 0 Å². The van der Waals surface area contributed by atoms with Crippen molar-refractivity contribution >= 4 is 15.9 Å².